The van der Waals surface area contributed by atoms with Gasteiger partial charge in [0.1, 0.15) is 17.5 Å². The van der Waals surface area contributed by atoms with Gasteiger partial charge in [-0.25, -0.2) is 18.5 Å². The number of sulfonamides is 1. The molecule has 3 heterocycles. The number of aromatic hydroxyl groups is 1. The third-order valence-corrected chi connectivity index (χ3v) is 11.2. The van der Waals surface area contributed by atoms with Crippen molar-refractivity contribution in [2.24, 2.45) is 11.1 Å². The van der Waals surface area contributed by atoms with E-state index in [-0.39, 0.29) is 16.3 Å². The summed E-state index contributed by atoms with van der Waals surface area (Å²) in [6, 6.07) is 18.5. The van der Waals surface area contributed by atoms with Crippen molar-refractivity contribution in [3.8, 4) is 5.75 Å². The van der Waals surface area contributed by atoms with Crippen molar-refractivity contribution in [1.82, 2.24) is 4.57 Å². The number of carbonyl (C=O) groups is 3. The van der Waals surface area contributed by atoms with Crippen LogP contribution in [0.25, 0.3) is 0 Å². The number of hydrogen-bond acceptors (Lipinski definition) is 9. The Morgan fingerprint density at radius 3 is 2.30 bits per heavy atom. The predicted octanol–water partition coefficient (Wildman–Crippen LogP) is 3.46. The minimum atomic E-state index is -3.91. The van der Waals surface area contributed by atoms with Crippen LogP contribution < -0.4 is 20.2 Å². The second-order valence-electron chi connectivity index (χ2n) is 9.83. The molecule has 4 aromatic rings. The number of imide groups is 1. The first-order valence-electron chi connectivity index (χ1n) is 12.7. The standard InChI is InChI=1S/C28H21BrN4O7S3/c29-14-5-9-16(10-6-14)33-25(36)22-21(18-3-1-2-4-19(18)34)24-27(41-23(22)26(33)37)32(28(38)42-24)13-20(35)31-15-7-11-17(12-8-15)43(30,39)40/h1-12,21-23,34H,13H2,(H,31,35)(H2,30,39,40)/t21-,22+,23-/m0/s1. The number of benzene rings is 3. The summed E-state index contributed by atoms with van der Waals surface area (Å²) in [6.07, 6.45) is 0. The molecular weight excluding hydrogens is 680 g/mol. The van der Waals surface area contributed by atoms with E-state index in [4.69, 9.17) is 5.14 Å². The first-order valence-corrected chi connectivity index (χ1v) is 16.7. The number of hydrogen-bond donors (Lipinski definition) is 3. The van der Waals surface area contributed by atoms with Crippen molar-refractivity contribution in [1.29, 1.82) is 0 Å². The van der Waals surface area contributed by atoms with Crippen LogP contribution >= 0.6 is 39.0 Å². The Bertz CT molecular complexity index is 1960. The number of phenolic OH excluding ortho intramolecular Hbond substituents is 1. The third kappa shape index (κ3) is 5.31. The summed E-state index contributed by atoms with van der Waals surface area (Å²) in [5.74, 6) is -3.28. The Hall–Kier alpha value is -3.76. The zero-order valence-corrected chi connectivity index (χ0v) is 25.9. The lowest BCUT2D eigenvalue weighted by Gasteiger charge is -2.31. The van der Waals surface area contributed by atoms with Crippen LogP contribution in [0.15, 0.2) is 92.0 Å². The van der Waals surface area contributed by atoms with Crippen molar-refractivity contribution >= 4 is 78.1 Å². The molecule has 1 aromatic heterocycles. The first-order chi connectivity index (χ1) is 20.4. The van der Waals surface area contributed by atoms with Gasteiger partial charge in [0.05, 0.1) is 21.5 Å². The van der Waals surface area contributed by atoms with Gasteiger partial charge in [-0.3, -0.25) is 23.7 Å². The van der Waals surface area contributed by atoms with E-state index in [0.717, 1.165) is 32.5 Å². The number of amides is 3. The van der Waals surface area contributed by atoms with E-state index in [2.05, 4.69) is 21.2 Å². The molecule has 0 aliphatic carbocycles. The maximum atomic E-state index is 13.9. The molecule has 43 heavy (non-hydrogen) atoms. The van der Waals surface area contributed by atoms with Gasteiger partial charge >= 0.3 is 4.87 Å². The Morgan fingerprint density at radius 1 is 0.977 bits per heavy atom. The lowest BCUT2D eigenvalue weighted by Crippen LogP contribution is -2.33. The minimum absolute atomic E-state index is 0.0838. The SMILES string of the molecule is NS(=O)(=O)c1ccc(NC(=O)Cn2c3c(sc2=O)[C@@H](c2ccccc2O)[C@H]2C(=O)N(c4ccc(Br)cc4)C(=O)[C@H]2S3)cc1. The number of rotatable bonds is 6. The third-order valence-electron chi connectivity index (χ3n) is 7.17. The molecule has 3 atom stereocenters. The van der Waals surface area contributed by atoms with E-state index in [9.17, 15) is 32.7 Å². The van der Waals surface area contributed by atoms with Gasteiger partial charge in [-0.1, -0.05) is 57.2 Å². The summed E-state index contributed by atoms with van der Waals surface area (Å²) in [4.78, 5) is 55.0. The number of halogens is 1. The van der Waals surface area contributed by atoms with Gasteiger partial charge in [0, 0.05) is 26.5 Å². The van der Waals surface area contributed by atoms with Gasteiger partial charge in [0.2, 0.25) is 27.7 Å². The molecule has 0 unspecified atom stereocenters. The molecule has 3 amide bonds. The largest absolute Gasteiger partial charge is 0.508 e. The molecule has 0 spiro atoms. The lowest BCUT2D eigenvalue weighted by atomic mass is 9.82. The summed E-state index contributed by atoms with van der Waals surface area (Å²) in [6.45, 7) is -0.405. The lowest BCUT2D eigenvalue weighted by molar-refractivity contribution is -0.122. The van der Waals surface area contributed by atoms with Crippen molar-refractivity contribution < 1.29 is 27.9 Å². The highest BCUT2D eigenvalue weighted by molar-refractivity contribution is 9.10. The topological polar surface area (TPSA) is 169 Å². The van der Waals surface area contributed by atoms with E-state index in [1.165, 1.54) is 34.9 Å². The molecule has 6 rings (SSSR count). The van der Waals surface area contributed by atoms with E-state index >= 15 is 0 Å². The summed E-state index contributed by atoms with van der Waals surface area (Å²) in [5, 5.41) is 18.0. The molecule has 0 radical (unpaired) electrons. The maximum Gasteiger partial charge on any atom is 0.308 e. The van der Waals surface area contributed by atoms with Gasteiger partial charge in [-0.15, -0.1) is 0 Å². The second-order valence-corrected chi connectivity index (χ2v) is 14.4. The van der Waals surface area contributed by atoms with Gasteiger partial charge < -0.3 is 10.4 Å². The second kappa shape index (κ2) is 11.1. The monoisotopic (exact) mass is 700 g/mol. The number of nitrogens with zero attached hydrogens (tertiary/aromatic N) is 2. The van der Waals surface area contributed by atoms with Crippen LogP contribution in [0, 0.1) is 5.92 Å². The van der Waals surface area contributed by atoms with Crippen molar-refractivity contribution in [2.75, 3.05) is 10.2 Å². The van der Waals surface area contributed by atoms with E-state index in [0.29, 0.717) is 21.2 Å². The fraction of sp³-hybridized carbons (Fsp3) is 0.143. The number of primary sulfonamides is 1. The van der Waals surface area contributed by atoms with Crippen LogP contribution in [-0.4, -0.2) is 41.1 Å². The van der Waals surface area contributed by atoms with Gasteiger partial charge in [0.15, 0.2) is 0 Å². The molecule has 1 saturated heterocycles. The van der Waals surface area contributed by atoms with Crippen LogP contribution in [0.5, 0.6) is 5.75 Å². The fourth-order valence-corrected chi connectivity index (χ4v) is 8.80. The Morgan fingerprint density at radius 2 is 1.65 bits per heavy atom. The minimum Gasteiger partial charge on any atom is -0.508 e. The molecule has 3 aromatic carbocycles. The molecule has 0 saturated carbocycles. The highest BCUT2D eigenvalue weighted by Crippen LogP contribution is 2.55. The van der Waals surface area contributed by atoms with Crippen LogP contribution in [0.2, 0.25) is 0 Å². The smallest absolute Gasteiger partial charge is 0.308 e. The molecule has 220 valence electrons. The number of fused-ring (bicyclic) bond motifs is 2. The molecule has 2 aliphatic rings. The van der Waals surface area contributed by atoms with Gasteiger partial charge in [-0.05, 0) is 54.6 Å². The number of carbonyl (C=O) groups excluding carboxylic acids is 3. The van der Waals surface area contributed by atoms with Crippen LogP contribution in [0.3, 0.4) is 0 Å². The van der Waals surface area contributed by atoms with Crippen LogP contribution in [-0.2, 0) is 31.0 Å². The molecule has 15 heteroatoms. The van der Waals surface area contributed by atoms with Gasteiger partial charge in [-0.2, -0.15) is 0 Å². The van der Waals surface area contributed by atoms with Gasteiger partial charge in [0.25, 0.3) is 0 Å². The highest BCUT2D eigenvalue weighted by Gasteiger charge is 2.57. The van der Waals surface area contributed by atoms with E-state index in [1.54, 1.807) is 42.5 Å². The molecule has 0 bridgehead atoms. The summed E-state index contributed by atoms with van der Waals surface area (Å²) >= 11 is 5.28. The average molecular weight is 702 g/mol. The maximum absolute atomic E-state index is 13.9. The number of anilines is 2. The van der Waals surface area contributed by atoms with Crippen molar-refractivity contribution in [3.63, 3.8) is 0 Å². The van der Waals surface area contributed by atoms with E-state index < -0.39 is 56.2 Å². The number of aromatic nitrogens is 1. The summed E-state index contributed by atoms with van der Waals surface area (Å²) < 4.78 is 25.1. The van der Waals surface area contributed by atoms with E-state index in [1.807, 2.05) is 0 Å². The predicted molar refractivity (Wildman–Crippen MR) is 165 cm³/mol. The van der Waals surface area contributed by atoms with Crippen molar-refractivity contribution in [2.45, 2.75) is 27.6 Å². The molecular formula is C28H21BrN4O7S3. The summed E-state index contributed by atoms with van der Waals surface area (Å²) in [5.41, 5.74) is 1.08. The quantitative estimate of drug-likeness (QED) is 0.257. The number of phenols is 1. The number of thiazole rings is 1. The molecule has 1 fully saturated rings. The first kappa shape index (κ1) is 29.3. The zero-order valence-electron chi connectivity index (χ0n) is 21.8. The molecule has 11 nitrogen and oxygen atoms in total. The Labute approximate surface area is 261 Å². The fourth-order valence-electron chi connectivity index (χ4n) is 5.26. The number of para-hydroxylation sites is 1. The summed E-state index contributed by atoms with van der Waals surface area (Å²) in [7, 11) is -3.91. The zero-order chi connectivity index (χ0) is 30.6. The Kier molecular flexibility index (Phi) is 7.54. The normalized spacial score (nSPS) is 19.7. The number of nitrogens with one attached hydrogen (secondary N) is 1. The van der Waals surface area contributed by atoms with Crippen LogP contribution in [0.4, 0.5) is 11.4 Å². The highest BCUT2D eigenvalue weighted by atomic mass is 79.9. The number of nitrogens with two attached hydrogens (primary N) is 1. The number of thioether (sulfide) groups is 1. The Balaban J connectivity index is 1.37. The molecule has 2 aliphatic heterocycles. The van der Waals surface area contributed by atoms with Crippen molar-refractivity contribution in [3.05, 3.63) is 97.4 Å². The van der Waals surface area contributed by atoms with Crippen LogP contribution in [0.1, 0.15) is 16.4 Å². The average Bonchev–Trinajstić information content (AvgIpc) is 3.40. The molecule has 4 N–H and O–H groups in total.